The van der Waals surface area contributed by atoms with Gasteiger partial charge in [-0.2, -0.15) is 4.40 Å². The number of benzene rings is 6. The predicted octanol–water partition coefficient (Wildman–Crippen LogP) is 6.00. The van der Waals surface area contributed by atoms with E-state index in [4.69, 9.17) is 4.74 Å². The Labute approximate surface area is 241 Å². The van der Waals surface area contributed by atoms with E-state index in [1.165, 1.54) is 87.8 Å². The van der Waals surface area contributed by atoms with Gasteiger partial charge in [-0.05, 0) is 65.1 Å². The van der Waals surface area contributed by atoms with Crippen molar-refractivity contribution in [2.45, 2.75) is 6.92 Å². The Hall–Kier alpha value is -5.29. The van der Waals surface area contributed by atoms with E-state index in [-0.39, 0.29) is 6.71 Å². The summed E-state index contributed by atoms with van der Waals surface area (Å²) >= 11 is 0. The number of nitrogens with zero attached hydrogens (tertiary/aromatic N) is 3. The Morgan fingerprint density at radius 2 is 1.45 bits per heavy atom. The minimum absolute atomic E-state index is 0.103. The summed E-state index contributed by atoms with van der Waals surface area (Å²) in [6, 6.07) is 37.8. The van der Waals surface area contributed by atoms with E-state index in [2.05, 4.69) is 131 Å². The summed E-state index contributed by atoms with van der Waals surface area (Å²) in [5.74, 6) is 1.95. The number of aromatic nitrogens is 3. The molecule has 11 rings (SSSR count). The maximum atomic E-state index is 6.95. The minimum atomic E-state index is 0.103. The van der Waals surface area contributed by atoms with Crippen LogP contribution in [0.4, 0.5) is 0 Å². The SMILES string of the molecule is Cc1c2c3c4c5c1c1n(c6ccc7cccc(c7c56)n4-c4ccccc4B3c3ccccc3O2)c2ccccc2[n+]1C. The molecular weight excluding hydrogens is 513 g/mol. The summed E-state index contributed by atoms with van der Waals surface area (Å²) in [6.45, 7) is 2.37. The number of aryl methyl sites for hydroxylation is 2. The van der Waals surface area contributed by atoms with Crippen molar-refractivity contribution in [3.05, 3.63) is 109 Å². The van der Waals surface area contributed by atoms with Crippen LogP contribution in [-0.4, -0.2) is 15.7 Å². The van der Waals surface area contributed by atoms with E-state index in [0.717, 1.165) is 11.5 Å². The molecule has 0 radical (unpaired) electrons. The van der Waals surface area contributed by atoms with Gasteiger partial charge in [0.2, 0.25) is 0 Å². The minimum Gasteiger partial charge on any atom is -0.458 e. The van der Waals surface area contributed by atoms with Gasteiger partial charge in [0.15, 0.2) is 11.0 Å². The average molecular weight is 536 g/mol. The third-order valence-electron chi connectivity index (χ3n) is 10.1. The number of pyridine rings is 2. The summed E-state index contributed by atoms with van der Waals surface area (Å²) in [4.78, 5) is 0. The lowest BCUT2D eigenvalue weighted by molar-refractivity contribution is -0.617. The molecule has 0 bridgehead atoms. The zero-order chi connectivity index (χ0) is 27.4. The zero-order valence-electron chi connectivity index (χ0n) is 23.1. The molecule has 0 N–H and O–H groups in total. The Bertz CT molecular complexity index is 2700. The molecule has 4 nitrogen and oxygen atoms in total. The molecule has 0 aliphatic carbocycles. The number of rotatable bonds is 0. The number of fused-ring (bicyclic) bond motifs is 11. The molecule has 0 amide bonds. The molecular formula is C37H23BN3O+. The quantitative estimate of drug-likeness (QED) is 0.101. The van der Waals surface area contributed by atoms with Gasteiger partial charge >= 0.3 is 0 Å². The van der Waals surface area contributed by atoms with Crippen molar-refractivity contribution in [3.8, 4) is 17.2 Å². The van der Waals surface area contributed by atoms with Crippen molar-refractivity contribution >= 4 is 83.3 Å². The number of ether oxygens (including phenoxy) is 1. The summed E-state index contributed by atoms with van der Waals surface area (Å²) < 4.78 is 14.3. The molecule has 5 heteroatoms. The lowest BCUT2D eigenvalue weighted by Crippen LogP contribution is -2.58. The molecule has 6 aromatic carbocycles. The van der Waals surface area contributed by atoms with Crippen molar-refractivity contribution in [2.75, 3.05) is 0 Å². The highest BCUT2D eigenvalue weighted by Gasteiger charge is 2.43. The summed E-state index contributed by atoms with van der Waals surface area (Å²) in [7, 11) is 2.21. The van der Waals surface area contributed by atoms with E-state index >= 15 is 0 Å². The van der Waals surface area contributed by atoms with Gasteiger partial charge in [-0.3, -0.25) is 0 Å². The molecule has 2 aliphatic heterocycles. The highest BCUT2D eigenvalue weighted by molar-refractivity contribution is 6.99. The Morgan fingerprint density at radius 1 is 0.667 bits per heavy atom. The Balaban J connectivity index is 1.55. The molecule has 0 unspecified atom stereocenters. The lowest BCUT2D eigenvalue weighted by Gasteiger charge is -2.36. The smallest absolute Gasteiger partial charge is 0.295 e. The van der Waals surface area contributed by atoms with Gasteiger partial charge in [-0.1, -0.05) is 66.7 Å². The van der Waals surface area contributed by atoms with Crippen LogP contribution in [0.3, 0.4) is 0 Å². The van der Waals surface area contributed by atoms with Crippen molar-refractivity contribution in [2.24, 2.45) is 7.05 Å². The molecule has 0 saturated heterocycles. The molecule has 194 valence electrons. The summed E-state index contributed by atoms with van der Waals surface area (Å²) in [5, 5.41) is 6.52. The third-order valence-corrected chi connectivity index (χ3v) is 10.1. The summed E-state index contributed by atoms with van der Waals surface area (Å²) in [5.41, 5.74) is 13.7. The van der Waals surface area contributed by atoms with Gasteiger partial charge in [-0.25, -0.2) is 4.57 Å². The van der Waals surface area contributed by atoms with E-state index in [0.29, 0.717) is 0 Å². The fraction of sp³-hybridized carbons (Fsp3) is 0.0541. The van der Waals surface area contributed by atoms with E-state index in [9.17, 15) is 0 Å². The molecule has 0 spiro atoms. The van der Waals surface area contributed by atoms with Crippen molar-refractivity contribution < 1.29 is 9.30 Å². The molecule has 0 fully saturated rings. The Morgan fingerprint density at radius 3 is 2.38 bits per heavy atom. The number of para-hydroxylation sites is 4. The molecule has 5 heterocycles. The van der Waals surface area contributed by atoms with Crippen LogP contribution < -0.4 is 25.7 Å². The third kappa shape index (κ3) is 2.17. The van der Waals surface area contributed by atoms with Crippen LogP contribution in [-0.2, 0) is 7.05 Å². The molecule has 2 aliphatic rings. The van der Waals surface area contributed by atoms with Gasteiger partial charge < -0.3 is 9.30 Å². The van der Waals surface area contributed by atoms with Crippen LogP contribution in [0.2, 0.25) is 0 Å². The van der Waals surface area contributed by atoms with Gasteiger partial charge in [-0.15, -0.1) is 0 Å². The topological polar surface area (TPSA) is 22.4 Å². The zero-order valence-corrected chi connectivity index (χ0v) is 23.1. The second-order valence-corrected chi connectivity index (χ2v) is 12.0. The average Bonchev–Trinajstić information content (AvgIpc) is 3.34. The van der Waals surface area contributed by atoms with Crippen molar-refractivity contribution in [3.63, 3.8) is 0 Å². The largest absolute Gasteiger partial charge is 0.458 e. The highest BCUT2D eigenvalue weighted by Crippen LogP contribution is 2.47. The van der Waals surface area contributed by atoms with E-state index < -0.39 is 0 Å². The van der Waals surface area contributed by atoms with Crippen molar-refractivity contribution in [1.29, 1.82) is 0 Å². The molecule has 42 heavy (non-hydrogen) atoms. The first-order valence-corrected chi connectivity index (χ1v) is 14.6. The normalized spacial score (nSPS) is 13.6. The van der Waals surface area contributed by atoms with Gasteiger partial charge in [0.05, 0.1) is 23.5 Å². The number of hydrogen-bond donors (Lipinski definition) is 0. The first-order chi connectivity index (χ1) is 20.7. The first-order valence-electron chi connectivity index (χ1n) is 14.6. The van der Waals surface area contributed by atoms with Crippen LogP contribution in [0.1, 0.15) is 5.56 Å². The molecule has 3 aromatic heterocycles. The van der Waals surface area contributed by atoms with Crippen LogP contribution in [0.5, 0.6) is 11.5 Å². The van der Waals surface area contributed by atoms with Crippen molar-refractivity contribution in [1.82, 2.24) is 8.97 Å². The maximum Gasteiger partial charge on any atom is 0.295 e. The second kappa shape index (κ2) is 6.95. The van der Waals surface area contributed by atoms with Gasteiger partial charge in [0, 0.05) is 27.4 Å². The highest BCUT2D eigenvalue weighted by atomic mass is 16.5. The van der Waals surface area contributed by atoms with Gasteiger partial charge in [0.25, 0.3) is 12.4 Å². The predicted molar refractivity (Wildman–Crippen MR) is 173 cm³/mol. The number of hydrogen-bond acceptors (Lipinski definition) is 1. The fourth-order valence-electron chi connectivity index (χ4n) is 8.54. The van der Waals surface area contributed by atoms with E-state index in [1.807, 2.05) is 0 Å². The summed E-state index contributed by atoms with van der Waals surface area (Å²) in [6.07, 6.45) is 0. The number of imidazole rings is 1. The van der Waals surface area contributed by atoms with Crippen LogP contribution in [0.15, 0.2) is 103 Å². The molecule has 0 atom stereocenters. The molecule has 0 saturated carbocycles. The van der Waals surface area contributed by atoms with Crippen LogP contribution >= 0.6 is 0 Å². The fourth-order valence-corrected chi connectivity index (χ4v) is 8.54. The first kappa shape index (κ1) is 21.5. The standard InChI is InChI=1S/C37H23BN3O/c1-20-30-33-32-28(41-26-15-7-6-14-25(26)39(2)37(30)41)19-18-21-10-9-16-27(31(21)32)40-24-13-5-3-11-22(24)38-23-12-4-8-17-29(23)42-36(20)34(38)35(33)40/h3-19H,1-2H3/q+1. The maximum absolute atomic E-state index is 6.95. The Kier molecular flexibility index (Phi) is 3.55. The second-order valence-electron chi connectivity index (χ2n) is 12.0. The molecule has 9 aromatic rings. The van der Waals surface area contributed by atoms with Crippen LogP contribution in [0.25, 0.3) is 65.8 Å². The monoisotopic (exact) mass is 536 g/mol. The van der Waals surface area contributed by atoms with Gasteiger partial charge in [0.1, 0.15) is 17.0 Å². The lowest BCUT2D eigenvalue weighted by atomic mass is 9.34. The van der Waals surface area contributed by atoms with Crippen LogP contribution in [0, 0.1) is 6.92 Å². The van der Waals surface area contributed by atoms with E-state index in [1.54, 1.807) is 0 Å².